The Hall–Kier alpha value is -3.92. The maximum atomic E-state index is 11.7. The van der Waals surface area contributed by atoms with E-state index in [1.54, 1.807) is 6.07 Å². The van der Waals surface area contributed by atoms with Gasteiger partial charge in [-0.2, -0.15) is 0 Å². The molecule has 0 aliphatic heterocycles. The number of fused-ring (bicyclic) bond motifs is 6. The predicted octanol–water partition coefficient (Wildman–Crippen LogP) is 6.15. The Labute approximate surface area is 172 Å². The van der Waals surface area contributed by atoms with Crippen molar-refractivity contribution in [2.24, 2.45) is 0 Å². The summed E-state index contributed by atoms with van der Waals surface area (Å²) in [5.41, 5.74) is 0. The number of ether oxygens (including phenoxy) is 2. The summed E-state index contributed by atoms with van der Waals surface area (Å²) in [7, 11) is 0. The van der Waals surface area contributed by atoms with E-state index >= 15 is 0 Å². The summed E-state index contributed by atoms with van der Waals surface area (Å²) in [5.74, 6) is -0.450. The van der Waals surface area contributed by atoms with Crippen molar-refractivity contribution in [1.29, 1.82) is 0 Å². The number of carbonyl (C=O) groups is 2. The standard InChI is InChI=1S/C26H18O4/c1-15(27)29-25-12-11-21-22(26(25)30-16(2)28)10-9-19-13-23-18(14-24(19)21)8-7-17-5-3-4-6-20(17)23/h3-14H,1-2H3. The number of rotatable bonds is 2. The van der Waals surface area contributed by atoms with Crippen LogP contribution in [0.25, 0.3) is 43.1 Å². The van der Waals surface area contributed by atoms with Gasteiger partial charge in [0, 0.05) is 19.2 Å². The molecule has 4 heteroatoms. The summed E-state index contributed by atoms with van der Waals surface area (Å²) in [6, 6.07) is 24.4. The van der Waals surface area contributed by atoms with Crippen molar-refractivity contribution < 1.29 is 19.1 Å². The molecule has 30 heavy (non-hydrogen) atoms. The van der Waals surface area contributed by atoms with Crippen molar-refractivity contribution in [2.45, 2.75) is 13.8 Å². The first-order valence-corrected chi connectivity index (χ1v) is 9.69. The van der Waals surface area contributed by atoms with Gasteiger partial charge >= 0.3 is 11.9 Å². The van der Waals surface area contributed by atoms with E-state index in [0.29, 0.717) is 0 Å². The van der Waals surface area contributed by atoms with Crippen LogP contribution in [0, 0.1) is 0 Å². The van der Waals surface area contributed by atoms with Crippen LogP contribution in [-0.4, -0.2) is 11.9 Å². The molecule has 0 atom stereocenters. The molecule has 0 amide bonds. The molecule has 146 valence electrons. The molecule has 0 N–H and O–H groups in total. The number of hydrogen-bond donors (Lipinski definition) is 0. The number of carbonyl (C=O) groups excluding carboxylic acids is 2. The molecule has 4 nitrogen and oxygen atoms in total. The lowest BCUT2D eigenvalue weighted by molar-refractivity contribution is -0.134. The van der Waals surface area contributed by atoms with Crippen molar-refractivity contribution in [3.05, 3.63) is 72.8 Å². The van der Waals surface area contributed by atoms with Crippen LogP contribution in [0.1, 0.15) is 13.8 Å². The van der Waals surface area contributed by atoms with Crippen molar-refractivity contribution in [2.75, 3.05) is 0 Å². The number of hydrogen-bond acceptors (Lipinski definition) is 4. The molecule has 0 heterocycles. The minimum atomic E-state index is -0.471. The van der Waals surface area contributed by atoms with E-state index in [4.69, 9.17) is 9.47 Å². The SMILES string of the molecule is CC(=O)Oc1ccc2c(ccc3cc4c(ccc5ccccc54)cc32)c1OC(C)=O. The van der Waals surface area contributed by atoms with E-state index in [1.807, 2.05) is 30.3 Å². The van der Waals surface area contributed by atoms with Crippen LogP contribution in [0.15, 0.2) is 72.8 Å². The van der Waals surface area contributed by atoms with E-state index in [9.17, 15) is 9.59 Å². The second-order valence-electron chi connectivity index (χ2n) is 7.32. The lowest BCUT2D eigenvalue weighted by atomic mass is 9.95. The van der Waals surface area contributed by atoms with Crippen LogP contribution >= 0.6 is 0 Å². The topological polar surface area (TPSA) is 52.6 Å². The predicted molar refractivity (Wildman–Crippen MR) is 119 cm³/mol. The van der Waals surface area contributed by atoms with Crippen molar-refractivity contribution in [3.63, 3.8) is 0 Å². The Morgan fingerprint density at radius 1 is 0.567 bits per heavy atom. The zero-order valence-electron chi connectivity index (χ0n) is 16.6. The molecule has 0 aliphatic rings. The first-order valence-electron chi connectivity index (χ1n) is 9.69. The first-order chi connectivity index (χ1) is 14.5. The monoisotopic (exact) mass is 394 g/mol. The fourth-order valence-corrected chi connectivity index (χ4v) is 4.08. The van der Waals surface area contributed by atoms with Crippen LogP contribution in [0.5, 0.6) is 11.5 Å². The van der Waals surface area contributed by atoms with Crippen LogP contribution in [-0.2, 0) is 9.59 Å². The summed E-state index contributed by atoms with van der Waals surface area (Å²) in [6.45, 7) is 2.65. The molecular weight excluding hydrogens is 376 g/mol. The Bertz CT molecular complexity index is 1500. The maximum Gasteiger partial charge on any atom is 0.308 e. The van der Waals surface area contributed by atoms with Gasteiger partial charge in [-0.25, -0.2) is 0 Å². The van der Waals surface area contributed by atoms with Gasteiger partial charge in [0.1, 0.15) is 0 Å². The normalized spacial score (nSPS) is 11.3. The third kappa shape index (κ3) is 2.94. The molecule has 0 aliphatic carbocycles. The van der Waals surface area contributed by atoms with E-state index in [0.717, 1.165) is 26.9 Å². The number of esters is 2. The molecule has 0 fully saturated rings. The number of benzene rings is 5. The van der Waals surface area contributed by atoms with Gasteiger partial charge in [-0.3, -0.25) is 9.59 Å². The summed E-state index contributed by atoms with van der Waals surface area (Å²) in [6.07, 6.45) is 0. The highest BCUT2D eigenvalue weighted by atomic mass is 16.6. The van der Waals surface area contributed by atoms with E-state index < -0.39 is 11.9 Å². The fraction of sp³-hybridized carbons (Fsp3) is 0.0769. The Morgan fingerprint density at radius 2 is 1.17 bits per heavy atom. The zero-order chi connectivity index (χ0) is 20.8. The molecule has 5 rings (SSSR count). The highest BCUT2D eigenvalue weighted by Crippen LogP contribution is 2.40. The smallest absolute Gasteiger partial charge is 0.308 e. The highest BCUT2D eigenvalue weighted by Gasteiger charge is 2.16. The molecule has 5 aromatic carbocycles. The van der Waals surface area contributed by atoms with Gasteiger partial charge in [0.25, 0.3) is 0 Å². The van der Waals surface area contributed by atoms with Gasteiger partial charge in [-0.1, -0.05) is 42.5 Å². The maximum absolute atomic E-state index is 11.7. The van der Waals surface area contributed by atoms with Crippen molar-refractivity contribution in [3.8, 4) is 11.5 Å². The van der Waals surface area contributed by atoms with Crippen molar-refractivity contribution in [1.82, 2.24) is 0 Å². The van der Waals surface area contributed by atoms with Crippen molar-refractivity contribution >= 4 is 55.0 Å². The summed E-state index contributed by atoms with van der Waals surface area (Å²) in [4.78, 5) is 23.2. The molecule has 0 aromatic heterocycles. The third-order valence-corrected chi connectivity index (χ3v) is 5.29. The van der Waals surface area contributed by atoms with Gasteiger partial charge in [0.15, 0.2) is 11.5 Å². The van der Waals surface area contributed by atoms with Crippen LogP contribution in [0.3, 0.4) is 0 Å². The molecule has 0 unspecified atom stereocenters. The second kappa shape index (κ2) is 6.85. The average Bonchev–Trinajstić information content (AvgIpc) is 2.73. The Balaban J connectivity index is 1.84. The Morgan fingerprint density at radius 3 is 1.90 bits per heavy atom. The van der Waals surface area contributed by atoms with Gasteiger partial charge in [0.05, 0.1) is 0 Å². The lowest BCUT2D eigenvalue weighted by Gasteiger charge is -2.14. The summed E-state index contributed by atoms with van der Waals surface area (Å²) in [5, 5.41) is 8.50. The van der Waals surface area contributed by atoms with E-state index in [-0.39, 0.29) is 11.5 Å². The first kappa shape index (κ1) is 18.1. The average molecular weight is 394 g/mol. The largest absolute Gasteiger partial charge is 0.423 e. The summed E-state index contributed by atoms with van der Waals surface area (Å²) >= 11 is 0. The second-order valence-corrected chi connectivity index (χ2v) is 7.32. The fourth-order valence-electron chi connectivity index (χ4n) is 4.08. The van der Waals surface area contributed by atoms with E-state index in [2.05, 4.69) is 36.4 Å². The van der Waals surface area contributed by atoms with Gasteiger partial charge < -0.3 is 9.47 Å². The van der Waals surface area contributed by atoms with Crippen LogP contribution < -0.4 is 9.47 Å². The van der Waals surface area contributed by atoms with Gasteiger partial charge in [-0.15, -0.1) is 0 Å². The molecule has 0 spiro atoms. The van der Waals surface area contributed by atoms with Gasteiger partial charge in [-0.05, 0) is 68.0 Å². The minimum Gasteiger partial charge on any atom is -0.423 e. The summed E-state index contributed by atoms with van der Waals surface area (Å²) < 4.78 is 10.7. The highest BCUT2D eigenvalue weighted by molar-refractivity contribution is 6.18. The Kier molecular flexibility index (Phi) is 4.14. The molecule has 0 saturated carbocycles. The zero-order valence-corrected chi connectivity index (χ0v) is 16.6. The quantitative estimate of drug-likeness (QED) is 0.156. The molecule has 0 radical (unpaired) electrons. The molecular formula is C26H18O4. The minimum absolute atomic E-state index is 0.233. The van der Waals surface area contributed by atoms with Gasteiger partial charge in [0.2, 0.25) is 0 Å². The van der Waals surface area contributed by atoms with Crippen LogP contribution in [0.4, 0.5) is 0 Å². The third-order valence-electron chi connectivity index (χ3n) is 5.29. The van der Waals surface area contributed by atoms with E-state index in [1.165, 1.54) is 30.0 Å². The molecule has 0 saturated heterocycles. The van der Waals surface area contributed by atoms with Crippen LogP contribution in [0.2, 0.25) is 0 Å². The molecule has 5 aromatic rings. The molecule has 0 bridgehead atoms. The lowest BCUT2D eigenvalue weighted by Crippen LogP contribution is -2.07.